The summed E-state index contributed by atoms with van der Waals surface area (Å²) in [6.07, 6.45) is 0.810. The minimum absolute atomic E-state index is 0.0361. The molecule has 2 aliphatic rings. The second-order valence-electron chi connectivity index (χ2n) is 10.8. The molecule has 5 rings (SSSR count). The highest BCUT2D eigenvalue weighted by Crippen LogP contribution is 2.36. The molecule has 2 saturated heterocycles. The maximum Gasteiger partial charge on any atom is 0.316 e. The maximum absolute atomic E-state index is 13.7. The molecule has 0 bridgehead atoms. The number of aromatic amines is 1. The highest BCUT2D eigenvalue weighted by Gasteiger charge is 2.43. The number of benzene rings is 1. The molecule has 1 amide bonds. The Kier molecular flexibility index (Phi) is 8.40. The third-order valence-electron chi connectivity index (χ3n) is 7.14. The molecule has 1 N–H and O–H groups in total. The number of ether oxygens (including phenoxy) is 3. The fraction of sp³-hybridized carbons (Fsp3) is 0.500. The summed E-state index contributed by atoms with van der Waals surface area (Å²) in [5.41, 5.74) is 1.61. The van der Waals surface area contributed by atoms with E-state index in [1.54, 1.807) is 24.4 Å². The molecular formula is C28H36FN7O4. The van der Waals surface area contributed by atoms with E-state index in [0.717, 1.165) is 19.6 Å². The number of carbonyl (C=O) groups excluding carboxylic acids is 1. The molecule has 214 valence electrons. The number of imidazole rings is 1. The smallest absolute Gasteiger partial charge is 0.316 e. The number of carbonyl (C=O) groups is 1. The van der Waals surface area contributed by atoms with Crippen LogP contribution in [0.3, 0.4) is 0 Å². The van der Waals surface area contributed by atoms with Gasteiger partial charge in [0.25, 0.3) is 0 Å². The van der Waals surface area contributed by atoms with Crippen LogP contribution in [0.2, 0.25) is 0 Å². The van der Waals surface area contributed by atoms with Crippen molar-refractivity contribution in [1.29, 1.82) is 0 Å². The molecule has 0 atom stereocenters. The van der Waals surface area contributed by atoms with Crippen molar-refractivity contribution in [3.63, 3.8) is 0 Å². The van der Waals surface area contributed by atoms with Crippen LogP contribution in [0.1, 0.15) is 19.0 Å². The fourth-order valence-electron chi connectivity index (χ4n) is 4.66. The molecule has 40 heavy (non-hydrogen) atoms. The highest BCUT2D eigenvalue weighted by molar-refractivity contribution is 5.83. The summed E-state index contributed by atoms with van der Waals surface area (Å²) in [6, 6.07) is 8.06. The van der Waals surface area contributed by atoms with Gasteiger partial charge < -0.3 is 33.9 Å². The summed E-state index contributed by atoms with van der Waals surface area (Å²) < 4.78 is 31.6. The van der Waals surface area contributed by atoms with Crippen molar-refractivity contribution in [2.75, 3.05) is 73.7 Å². The van der Waals surface area contributed by atoms with Crippen LogP contribution in [-0.2, 0) is 14.3 Å². The lowest BCUT2D eigenvalue weighted by Crippen LogP contribution is -2.55. The number of rotatable bonds is 8. The molecule has 0 saturated carbocycles. The first-order chi connectivity index (χ1) is 19.2. The predicted molar refractivity (Wildman–Crippen MR) is 146 cm³/mol. The third-order valence-corrected chi connectivity index (χ3v) is 7.14. The molecule has 2 aromatic heterocycles. The van der Waals surface area contributed by atoms with Crippen LogP contribution in [0, 0.1) is 11.2 Å². The van der Waals surface area contributed by atoms with Gasteiger partial charge in [0.1, 0.15) is 12.4 Å². The topological polar surface area (TPSA) is 109 Å². The van der Waals surface area contributed by atoms with E-state index in [4.69, 9.17) is 19.2 Å². The molecule has 4 heterocycles. The Morgan fingerprint density at radius 2 is 1.82 bits per heavy atom. The summed E-state index contributed by atoms with van der Waals surface area (Å²) in [7, 11) is 5.98. The number of hydrogen-bond acceptors (Lipinski definition) is 9. The second kappa shape index (κ2) is 12.0. The minimum atomic E-state index is -0.807. The SMILES string of the molecule is CN(C)CCOc1nccc(-c2[nH]c(C3OCC(C)(C(=O)N4CCN(C)CC4)CO3)nc2-c2ccc(F)cc2)n1. The zero-order valence-corrected chi connectivity index (χ0v) is 23.4. The first-order valence-electron chi connectivity index (χ1n) is 13.4. The monoisotopic (exact) mass is 553 g/mol. The van der Waals surface area contributed by atoms with E-state index in [1.165, 1.54) is 12.1 Å². The van der Waals surface area contributed by atoms with Crippen molar-refractivity contribution >= 4 is 5.91 Å². The van der Waals surface area contributed by atoms with Gasteiger partial charge in [-0.15, -0.1) is 0 Å². The predicted octanol–water partition coefficient (Wildman–Crippen LogP) is 2.44. The Hall–Kier alpha value is -3.45. The van der Waals surface area contributed by atoms with Gasteiger partial charge >= 0.3 is 6.01 Å². The van der Waals surface area contributed by atoms with Gasteiger partial charge in [-0.1, -0.05) is 0 Å². The zero-order valence-electron chi connectivity index (χ0n) is 23.4. The lowest BCUT2D eigenvalue weighted by Gasteiger charge is -2.41. The lowest BCUT2D eigenvalue weighted by molar-refractivity contribution is -0.234. The largest absolute Gasteiger partial charge is 0.462 e. The Bertz CT molecular complexity index is 1300. The van der Waals surface area contributed by atoms with Crippen LogP contribution in [0.25, 0.3) is 22.6 Å². The van der Waals surface area contributed by atoms with E-state index in [0.29, 0.717) is 48.2 Å². The van der Waals surface area contributed by atoms with E-state index in [1.807, 2.05) is 30.8 Å². The molecule has 0 aliphatic carbocycles. The van der Waals surface area contributed by atoms with Crippen LogP contribution in [0.15, 0.2) is 36.5 Å². The Morgan fingerprint density at radius 1 is 1.12 bits per heavy atom. The van der Waals surface area contributed by atoms with Gasteiger partial charge in [0.15, 0.2) is 5.82 Å². The van der Waals surface area contributed by atoms with E-state index in [2.05, 4.69) is 26.9 Å². The van der Waals surface area contributed by atoms with Gasteiger partial charge in [-0.05, 0) is 58.4 Å². The summed E-state index contributed by atoms with van der Waals surface area (Å²) in [5.74, 6) is 0.119. The lowest BCUT2D eigenvalue weighted by atomic mass is 9.90. The molecule has 3 aromatic rings. The van der Waals surface area contributed by atoms with Gasteiger partial charge in [-0.2, -0.15) is 4.98 Å². The molecule has 2 fully saturated rings. The van der Waals surface area contributed by atoms with Crippen LogP contribution in [0.5, 0.6) is 6.01 Å². The third kappa shape index (κ3) is 6.30. The van der Waals surface area contributed by atoms with Gasteiger partial charge in [-0.25, -0.2) is 14.4 Å². The highest BCUT2D eigenvalue weighted by atomic mass is 19.1. The number of nitrogens with one attached hydrogen (secondary N) is 1. The number of amides is 1. The van der Waals surface area contributed by atoms with E-state index < -0.39 is 11.7 Å². The number of halogens is 1. The number of hydrogen-bond donors (Lipinski definition) is 1. The van der Waals surface area contributed by atoms with Crippen LogP contribution in [0.4, 0.5) is 4.39 Å². The van der Waals surface area contributed by atoms with Crippen LogP contribution < -0.4 is 4.74 Å². The van der Waals surface area contributed by atoms with Crippen LogP contribution in [-0.4, -0.2) is 114 Å². The average molecular weight is 554 g/mol. The number of piperazine rings is 1. The van der Waals surface area contributed by atoms with E-state index >= 15 is 0 Å². The number of nitrogens with zero attached hydrogens (tertiary/aromatic N) is 6. The molecule has 0 radical (unpaired) electrons. The molecule has 1 aromatic carbocycles. The fourth-order valence-corrected chi connectivity index (χ4v) is 4.66. The van der Waals surface area contributed by atoms with Gasteiger partial charge in [0, 0.05) is 44.5 Å². The molecule has 11 nitrogen and oxygen atoms in total. The van der Waals surface area contributed by atoms with Gasteiger partial charge in [0.2, 0.25) is 12.2 Å². The first-order valence-corrected chi connectivity index (χ1v) is 13.4. The number of aromatic nitrogens is 4. The van der Waals surface area contributed by atoms with Crippen molar-refractivity contribution in [3.05, 3.63) is 48.2 Å². The Balaban J connectivity index is 1.37. The van der Waals surface area contributed by atoms with Crippen molar-refractivity contribution in [3.8, 4) is 28.7 Å². The van der Waals surface area contributed by atoms with Crippen molar-refractivity contribution < 1.29 is 23.4 Å². The minimum Gasteiger partial charge on any atom is -0.462 e. The quantitative estimate of drug-likeness (QED) is 0.450. The van der Waals surface area contributed by atoms with E-state index in [9.17, 15) is 9.18 Å². The molecule has 0 unspecified atom stereocenters. The molecule has 12 heteroatoms. The normalized spacial score (nSPS) is 22.1. The number of likely N-dealkylation sites (N-methyl/N-ethyl adjacent to an activating group) is 2. The molecular weight excluding hydrogens is 517 g/mol. The van der Waals surface area contributed by atoms with Gasteiger partial charge in [-0.3, -0.25) is 4.79 Å². The van der Waals surface area contributed by atoms with Crippen molar-refractivity contribution in [2.45, 2.75) is 13.2 Å². The number of H-pyrrole nitrogens is 1. The summed E-state index contributed by atoms with van der Waals surface area (Å²) in [5, 5.41) is 0. The molecule has 0 spiro atoms. The summed E-state index contributed by atoms with van der Waals surface area (Å²) in [4.78, 5) is 36.3. The average Bonchev–Trinajstić information content (AvgIpc) is 3.39. The van der Waals surface area contributed by atoms with Gasteiger partial charge in [0.05, 0.1) is 35.7 Å². The summed E-state index contributed by atoms with van der Waals surface area (Å²) in [6.45, 7) is 6.50. The molecule has 2 aliphatic heterocycles. The van der Waals surface area contributed by atoms with E-state index in [-0.39, 0.29) is 30.9 Å². The second-order valence-corrected chi connectivity index (χ2v) is 10.8. The Labute approximate surface area is 233 Å². The zero-order chi connectivity index (χ0) is 28.3. The maximum atomic E-state index is 13.7. The first kappa shape index (κ1) is 28.1. The van der Waals surface area contributed by atoms with Crippen LogP contribution >= 0.6 is 0 Å². The summed E-state index contributed by atoms with van der Waals surface area (Å²) >= 11 is 0. The Morgan fingerprint density at radius 3 is 2.50 bits per heavy atom. The van der Waals surface area contributed by atoms with Crippen molar-refractivity contribution in [2.24, 2.45) is 5.41 Å². The van der Waals surface area contributed by atoms with Crippen molar-refractivity contribution in [1.82, 2.24) is 34.6 Å². The standard InChI is InChI=1S/C28H36FN7O4/c1-28(26(37)36-13-11-35(4)12-14-36)17-39-25(40-18-28)24-32-22(19-5-7-20(29)8-6-19)23(33-24)21-9-10-30-27(31-21)38-16-15-34(2)3/h5-10,25H,11-18H2,1-4H3,(H,32,33).